The molecule has 116 valence electrons. The number of carbonyl (C=O) groups excluding carboxylic acids is 1. The van der Waals surface area contributed by atoms with Gasteiger partial charge in [0.15, 0.2) is 5.65 Å². The minimum Gasteiger partial charge on any atom is -0.298 e. The topological polar surface area (TPSA) is 60.2 Å². The Hall–Kier alpha value is -3.34. The summed E-state index contributed by atoms with van der Waals surface area (Å²) in [6.07, 6.45) is 2.57. The number of carbonyl (C=O) groups is 1. The molecule has 0 aliphatic carbocycles. The first-order chi connectivity index (χ1) is 11.8. The predicted molar refractivity (Wildman–Crippen MR) is 91.8 cm³/mol. The summed E-state index contributed by atoms with van der Waals surface area (Å²) in [5.41, 5.74) is 5.11. The number of hydrogen-bond acceptors (Lipinski definition) is 4. The molecule has 2 heterocycles. The fraction of sp³-hybridized carbons (Fsp3) is 0.0526. The fourth-order valence-corrected chi connectivity index (χ4v) is 2.77. The van der Waals surface area contributed by atoms with Crippen molar-refractivity contribution < 1.29 is 4.79 Å². The molecule has 0 atom stereocenters. The van der Waals surface area contributed by atoms with Crippen LogP contribution in [0.15, 0.2) is 60.9 Å². The lowest BCUT2D eigenvalue weighted by molar-refractivity contribution is 0.112. The van der Waals surface area contributed by atoms with Crippen LogP contribution >= 0.6 is 0 Å². The van der Waals surface area contributed by atoms with Crippen molar-refractivity contribution in [3.63, 3.8) is 0 Å². The number of fused-ring (bicyclic) bond motifs is 1. The Morgan fingerprint density at radius 1 is 0.917 bits per heavy atom. The number of aromatic nitrogens is 4. The molecule has 4 rings (SSSR count). The van der Waals surface area contributed by atoms with E-state index in [1.54, 1.807) is 18.5 Å². The van der Waals surface area contributed by atoms with E-state index in [2.05, 4.69) is 15.2 Å². The average Bonchev–Trinajstić information content (AvgIpc) is 3.03. The highest BCUT2D eigenvalue weighted by atomic mass is 16.1. The van der Waals surface area contributed by atoms with Crippen molar-refractivity contribution in [2.75, 3.05) is 0 Å². The van der Waals surface area contributed by atoms with Gasteiger partial charge in [0.05, 0.1) is 11.3 Å². The zero-order chi connectivity index (χ0) is 16.5. The minimum atomic E-state index is 0.638. The second kappa shape index (κ2) is 5.70. The Morgan fingerprint density at radius 2 is 1.67 bits per heavy atom. The molecule has 2 aromatic heterocycles. The Morgan fingerprint density at radius 3 is 2.38 bits per heavy atom. The van der Waals surface area contributed by atoms with Crippen LogP contribution < -0.4 is 0 Å². The van der Waals surface area contributed by atoms with Crippen molar-refractivity contribution in [2.45, 2.75) is 6.92 Å². The van der Waals surface area contributed by atoms with Crippen molar-refractivity contribution in [1.82, 2.24) is 19.6 Å². The molecule has 5 nitrogen and oxygen atoms in total. The van der Waals surface area contributed by atoms with Crippen LogP contribution in [0.4, 0.5) is 0 Å². The van der Waals surface area contributed by atoms with Crippen LogP contribution in [-0.4, -0.2) is 25.9 Å². The minimum absolute atomic E-state index is 0.638. The van der Waals surface area contributed by atoms with Crippen molar-refractivity contribution in [1.29, 1.82) is 0 Å². The van der Waals surface area contributed by atoms with Crippen molar-refractivity contribution >= 4 is 11.9 Å². The van der Waals surface area contributed by atoms with Gasteiger partial charge in [0, 0.05) is 11.1 Å². The van der Waals surface area contributed by atoms with Crippen LogP contribution in [0.25, 0.3) is 28.0 Å². The third kappa shape index (κ3) is 2.27. The highest BCUT2D eigenvalue weighted by Gasteiger charge is 2.16. The number of benzene rings is 2. The first kappa shape index (κ1) is 14.3. The molecule has 0 radical (unpaired) electrons. The predicted octanol–water partition coefficient (Wildman–Crippen LogP) is 3.58. The summed E-state index contributed by atoms with van der Waals surface area (Å²) in [5.74, 6) is 0.789. The van der Waals surface area contributed by atoms with E-state index in [0.29, 0.717) is 5.56 Å². The number of hydrogen-bond donors (Lipinski definition) is 0. The maximum atomic E-state index is 10.9. The van der Waals surface area contributed by atoms with Gasteiger partial charge in [-0.05, 0) is 12.5 Å². The highest BCUT2D eigenvalue weighted by Crippen LogP contribution is 2.33. The van der Waals surface area contributed by atoms with Gasteiger partial charge in [-0.25, -0.2) is 4.98 Å². The van der Waals surface area contributed by atoms with Crippen molar-refractivity contribution in [3.8, 4) is 22.4 Å². The fourth-order valence-electron chi connectivity index (χ4n) is 2.77. The molecule has 24 heavy (non-hydrogen) atoms. The zero-order valence-electron chi connectivity index (χ0n) is 13.0. The molecule has 5 heteroatoms. The Labute approximate surface area is 138 Å². The molecule has 0 fully saturated rings. The molecule has 4 aromatic rings. The Balaban J connectivity index is 2.02. The summed E-state index contributed by atoms with van der Waals surface area (Å²) >= 11 is 0. The number of rotatable bonds is 3. The normalized spacial score (nSPS) is 10.9. The molecule has 0 aliphatic heterocycles. The average molecular weight is 314 g/mol. The van der Waals surface area contributed by atoms with E-state index >= 15 is 0 Å². The van der Waals surface area contributed by atoms with Crippen molar-refractivity contribution in [3.05, 3.63) is 72.3 Å². The number of nitrogens with zero attached hydrogens (tertiary/aromatic N) is 4. The number of aldehydes is 1. The first-order valence-electron chi connectivity index (χ1n) is 7.59. The molecule has 0 unspecified atom stereocenters. The van der Waals surface area contributed by atoms with Gasteiger partial charge in [-0.2, -0.15) is 0 Å². The lowest BCUT2D eigenvalue weighted by Crippen LogP contribution is -1.97. The molecule has 0 amide bonds. The third-order valence-electron chi connectivity index (χ3n) is 4.01. The molecule has 2 aromatic carbocycles. The first-order valence-corrected chi connectivity index (χ1v) is 7.59. The molecule has 0 spiro atoms. The van der Waals surface area contributed by atoms with Gasteiger partial charge in [0.1, 0.15) is 18.4 Å². The second-order valence-corrected chi connectivity index (χ2v) is 5.51. The summed E-state index contributed by atoms with van der Waals surface area (Å²) in [7, 11) is 0. The summed E-state index contributed by atoms with van der Waals surface area (Å²) in [4.78, 5) is 15.5. The largest absolute Gasteiger partial charge is 0.298 e. The standard InChI is InChI=1S/C19H14N4O/c1-13-21-22-19-17(15-5-3-2-4-6-15)18(20-12-23(13)19)16-9-7-14(11-24)8-10-16/h2-12H,1H3. The maximum absolute atomic E-state index is 10.9. The molecular formula is C19H14N4O. The van der Waals surface area contributed by atoms with Gasteiger partial charge in [0.2, 0.25) is 0 Å². The van der Waals surface area contributed by atoms with Gasteiger partial charge in [0.25, 0.3) is 0 Å². The quantitative estimate of drug-likeness (QED) is 0.542. The van der Waals surface area contributed by atoms with Gasteiger partial charge in [-0.1, -0.05) is 54.6 Å². The van der Waals surface area contributed by atoms with Gasteiger partial charge < -0.3 is 0 Å². The second-order valence-electron chi connectivity index (χ2n) is 5.51. The smallest absolute Gasteiger partial charge is 0.172 e. The van der Waals surface area contributed by atoms with E-state index in [0.717, 1.165) is 40.1 Å². The van der Waals surface area contributed by atoms with E-state index in [4.69, 9.17) is 0 Å². The van der Waals surface area contributed by atoms with Gasteiger partial charge >= 0.3 is 0 Å². The van der Waals surface area contributed by atoms with Crippen LogP contribution in [0.1, 0.15) is 16.2 Å². The van der Waals surface area contributed by atoms with E-state index in [9.17, 15) is 4.79 Å². The van der Waals surface area contributed by atoms with E-state index < -0.39 is 0 Å². The highest BCUT2D eigenvalue weighted by molar-refractivity contribution is 5.90. The molecular weight excluding hydrogens is 300 g/mol. The zero-order valence-corrected chi connectivity index (χ0v) is 13.0. The third-order valence-corrected chi connectivity index (χ3v) is 4.01. The lowest BCUT2D eigenvalue weighted by Gasteiger charge is -2.11. The molecule has 0 aliphatic rings. The summed E-state index contributed by atoms with van der Waals surface area (Å²) in [5, 5.41) is 8.50. The number of aryl methyl sites for hydroxylation is 1. The van der Waals surface area contributed by atoms with Gasteiger partial charge in [-0.3, -0.25) is 9.20 Å². The molecule has 0 N–H and O–H groups in total. The Bertz CT molecular complexity index is 1020. The van der Waals surface area contributed by atoms with Crippen LogP contribution in [0, 0.1) is 6.92 Å². The molecule has 0 bridgehead atoms. The van der Waals surface area contributed by atoms with Crippen LogP contribution in [0.5, 0.6) is 0 Å². The molecule has 0 saturated heterocycles. The SMILES string of the molecule is Cc1nnc2c(-c3ccccc3)c(-c3ccc(C=O)cc3)ncn12. The van der Waals surface area contributed by atoms with Crippen molar-refractivity contribution in [2.24, 2.45) is 0 Å². The molecule has 0 saturated carbocycles. The Kier molecular flexibility index (Phi) is 3.39. The lowest BCUT2D eigenvalue weighted by atomic mass is 9.99. The summed E-state index contributed by atoms with van der Waals surface area (Å²) < 4.78 is 1.88. The van der Waals surface area contributed by atoms with E-state index in [1.807, 2.05) is 53.8 Å². The van der Waals surface area contributed by atoms with E-state index in [-0.39, 0.29) is 0 Å². The van der Waals surface area contributed by atoms with E-state index in [1.165, 1.54) is 0 Å². The van der Waals surface area contributed by atoms with Gasteiger partial charge in [-0.15, -0.1) is 10.2 Å². The monoisotopic (exact) mass is 314 g/mol. The van der Waals surface area contributed by atoms with Crippen LogP contribution in [-0.2, 0) is 0 Å². The summed E-state index contributed by atoms with van der Waals surface area (Å²) in [6.45, 7) is 1.90. The van der Waals surface area contributed by atoms with Crippen LogP contribution in [0.3, 0.4) is 0 Å². The maximum Gasteiger partial charge on any atom is 0.172 e. The summed E-state index contributed by atoms with van der Waals surface area (Å²) in [6, 6.07) is 17.4. The van der Waals surface area contributed by atoms with Crippen LogP contribution in [0.2, 0.25) is 0 Å².